The Morgan fingerprint density at radius 3 is 2.26 bits per heavy atom. The summed E-state index contributed by atoms with van der Waals surface area (Å²) < 4.78 is 23.8. The number of esters is 1. The first-order valence-corrected chi connectivity index (χ1v) is 10.3. The van der Waals surface area contributed by atoms with Crippen LogP contribution in [-0.4, -0.2) is 29.9 Å². The van der Waals surface area contributed by atoms with E-state index in [1.165, 1.54) is 37.1 Å². The summed E-state index contributed by atoms with van der Waals surface area (Å²) in [6, 6.07) is 16.7. The number of rotatable bonds is 5. The highest BCUT2D eigenvalue weighted by Crippen LogP contribution is 2.43. The second kappa shape index (κ2) is 9.19. The Bertz CT molecular complexity index is 1300. The molecule has 1 amide bonds. The lowest BCUT2D eigenvalue weighted by Crippen LogP contribution is -2.29. The molecule has 1 saturated heterocycles. The van der Waals surface area contributed by atoms with Crippen molar-refractivity contribution in [2.45, 2.75) is 13.0 Å². The van der Waals surface area contributed by atoms with Crippen LogP contribution in [0.1, 0.15) is 24.1 Å². The van der Waals surface area contributed by atoms with Crippen molar-refractivity contribution in [1.82, 2.24) is 0 Å². The fourth-order valence-corrected chi connectivity index (χ4v) is 3.83. The van der Waals surface area contributed by atoms with Crippen molar-refractivity contribution in [2.24, 2.45) is 0 Å². The molecule has 0 radical (unpaired) electrons. The van der Waals surface area contributed by atoms with Gasteiger partial charge in [0.25, 0.3) is 11.7 Å². The van der Waals surface area contributed by atoms with Gasteiger partial charge in [-0.15, -0.1) is 0 Å². The third kappa shape index (κ3) is 4.25. The topological polar surface area (TPSA) is 93.1 Å². The van der Waals surface area contributed by atoms with Crippen molar-refractivity contribution >= 4 is 29.1 Å². The predicted molar refractivity (Wildman–Crippen MR) is 122 cm³/mol. The molecular weight excluding hydrogens is 441 g/mol. The number of hydrogen-bond donors (Lipinski definition) is 1. The molecule has 3 aromatic carbocycles. The first-order chi connectivity index (χ1) is 16.3. The van der Waals surface area contributed by atoms with E-state index < -0.39 is 35.3 Å². The minimum atomic E-state index is -1.03. The molecule has 1 atom stereocenters. The molecule has 1 fully saturated rings. The van der Waals surface area contributed by atoms with Gasteiger partial charge in [-0.1, -0.05) is 12.1 Å². The number of Topliss-reactive ketones (excluding diaryl/α,β-unsaturated/α-hetero) is 1. The fourth-order valence-electron chi connectivity index (χ4n) is 3.83. The lowest BCUT2D eigenvalue weighted by molar-refractivity contribution is -0.132. The lowest BCUT2D eigenvalue weighted by atomic mass is 9.95. The van der Waals surface area contributed by atoms with Gasteiger partial charge in [-0.05, 0) is 66.2 Å². The van der Waals surface area contributed by atoms with E-state index in [4.69, 9.17) is 9.47 Å². The minimum Gasteiger partial charge on any atom is -0.507 e. The van der Waals surface area contributed by atoms with Crippen molar-refractivity contribution in [3.05, 3.63) is 95.3 Å². The molecule has 0 aliphatic carbocycles. The smallest absolute Gasteiger partial charge is 0.308 e. The van der Waals surface area contributed by atoms with Crippen LogP contribution in [0.25, 0.3) is 5.76 Å². The molecule has 1 N–H and O–H groups in total. The monoisotopic (exact) mass is 461 g/mol. The number of halogens is 1. The molecule has 1 aliphatic rings. The summed E-state index contributed by atoms with van der Waals surface area (Å²) in [4.78, 5) is 39.0. The van der Waals surface area contributed by atoms with Crippen molar-refractivity contribution in [3.63, 3.8) is 0 Å². The number of ketones is 1. The third-order valence-corrected chi connectivity index (χ3v) is 5.35. The van der Waals surface area contributed by atoms with Gasteiger partial charge in [0.1, 0.15) is 23.1 Å². The van der Waals surface area contributed by atoms with E-state index in [0.717, 1.165) is 12.1 Å². The molecule has 0 bridgehead atoms. The summed E-state index contributed by atoms with van der Waals surface area (Å²) in [6.45, 7) is 1.25. The molecule has 7 nitrogen and oxygen atoms in total. The molecular formula is C26H20FNO6. The molecule has 3 aromatic rings. The zero-order valence-corrected chi connectivity index (χ0v) is 18.3. The molecule has 1 unspecified atom stereocenters. The number of benzene rings is 3. The van der Waals surface area contributed by atoms with Gasteiger partial charge >= 0.3 is 5.97 Å². The van der Waals surface area contributed by atoms with E-state index in [1.807, 2.05) is 0 Å². The number of carbonyl (C=O) groups is 3. The SMILES string of the molecule is COc1ccc(N2C(=O)C(=O)/C(=C(\O)c3ccc(F)cc3)C2c2cccc(OC(C)=O)c2)cc1. The molecule has 0 spiro atoms. The number of amides is 1. The maximum absolute atomic E-state index is 13.4. The number of hydrogen-bond acceptors (Lipinski definition) is 6. The van der Waals surface area contributed by atoms with Crippen LogP contribution in [0, 0.1) is 5.82 Å². The van der Waals surface area contributed by atoms with E-state index in [9.17, 15) is 23.9 Å². The van der Waals surface area contributed by atoms with E-state index in [0.29, 0.717) is 17.0 Å². The van der Waals surface area contributed by atoms with Crippen LogP contribution < -0.4 is 14.4 Å². The van der Waals surface area contributed by atoms with Gasteiger partial charge in [-0.25, -0.2) is 4.39 Å². The van der Waals surface area contributed by atoms with Crippen LogP contribution in [0.3, 0.4) is 0 Å². The molecule has 1 heterocycles. The van der Waals surface area contributed by atoms with Gasteiger partial charge in [0.2, 0.25) is 0 Å². The number of aliphatic hydroxyl groups is 1. The highest BCUT2D eigenvalue weighted by molar-refractivity contribution is 6.51. The van der Waals surface area contributed by atoms with E-state index in [2.05, 4.69) is 0 Å². The normalized spacial score (nSPS) is 17.0. The average Bonchev–Trinajstić information content (AvgIpc) is 3.09. The molecule has 1 aliphatic heterocycles. The first-order valence-electron chi connectivity index (χ1n) is 10.3. The number of aliphatic hydroxyl groups excluding tert-OH is 1. The average molecular weight is 461 g/mol. The maximum Gasteiger partial charge on any atom is 0.308 e. The zero-order chi connectivity index (χ0) is 24.4. The molecule has 4 rings (SSSR count). The van der Waals surface area contributed by atoms with Gasteiger partial charge in [-0.3, -0.25) is 19.3 Å². The van der Waals surface area contributed by atoms with Crippen molar-refractivity contribution in [1.29, 1.82) is 0 Å². The van der Waals surface area contributed by atoms with Crippen LogP contribution in [0.15, 0.2) is 78.4 Å². The van der Waals surface area contributed by atoms with Gasteiger partial charge in [0.15, 0.2) is 0 Å². The van der Waals surface area contributed by atoms with E-state index in [1.54, 1.807) is 42.5 Å². The summed E-state index contributed by atoms with van der Waals surface area (Å²) in [5.41, 5.74) is 0.823. The number of anilines is 1. The largest absolute Gasteiger partial charge is 0.507 e. The second-order valence-corrected chi connectivity index (χ2v) is 7.54. The highest BCUT2D eigenvalue weighted by Gasteiger charge is 2.47. The summed E-state index contributed by atoms with van der Waals surface area (Å²) in [5.74, 6) is -2.48. The number of methoxy groups -OCH3 is 1. The minimum absolute atomic E-state index is 0.174. The molecule has 172 valence electrons. The fraction of sp³-hybridized carbons (Fsp3) is 0.115. The van der Waals surface area contributed by atoms with Crippen LogP contribution in [0.5, 0.6) is 11.5 Å². The van der Waals surface area contributed by atoms with Gasteiger partial charge in [-0.2, -0.15) is 0 Å². The first kappa shape index (κ1) is 22.7. The zero-order valence-electron chi connectivity index (χ0n) is 18.3. The third-order valence-electron chi connectivity index (χ3n) is 5.35. The standard InChI is InChI=1S/C26H20FNO6/c1-15(29)34-21-5-3-4-17(14-21)23-22(24(30)16-6-8-18(27)9-7-16)25(31)26(32)28(23)19-10-12-20(33-2)13-11-19/h3-14,23,30H,1-2H3/b24-22-. The summed E-state index contributed by atoms with van der Waals surface area (Å²) in [7, 11) is 1.50. The second-order valence-electron chi connectivity index (χ2n) is 7.54. The Hall–Kier alpha value is -4.46. The summed E-state index contributed by atoms with van der Waals surface area (Å²) in [6.07, 6.45) is 0. The van der Waals surface area contributed by atoms with Gasteiger partial charge in [0, 0.05) is 18.2 Å². The van der Waals surface area contributed by atoms with E-state index >= 15 is 0 Å². The van der Waals surface area contributed by atoms with Crippen LogP contribution >= 0.6 is 0 Å². The van der Waals surface area contributed by atoms with Gasteiger partial charge < -0.3 is 14.6 Å². The molecule has 8 heteroatoms. The van der Waals surface area contributed by atoms with Crippen LogP contribution in [0.2, 0.25) is 0 Å². The van der Waals surface area contributed by atoms with E-state index in [-0.39, 0.29) is 16.9 Å². The van der Waals surface area contributed by atoms with Crippen molar-refractivity contribution in [2.75, 3.05) is 12.0 Å². The van der Waals surface area contributed by atoms with Crippen LogP contribution in [-0.2, 0) is 14.4 Å². The summed E-state index contributed by atoms with van der Waals surface area (Å²) in [5, 5.41) is 11.0. The van der Waals surface area contributed by atoms with Gasteiger partial charge in [0.05, 0.1) is 18.7 Å². The number of carbonyl (C=O) groups excluding carboxylic acids is 3. The molecule has 0 aromatic heterocycles. The summed E-state index contributed by atoms with van der Waals surface area (Å²) >= 11 is 0. The van der Waals surface area contributed by atoms with Crippen molar-refractivity contribution < 1.29 is 33.4 Å². The Labute approximate surface area is 194 Å². The van der Waals surface area contributed by atoms with Crippen molar-refractivity contribution in [3.8, 4) is 11.5 Å². The lowest BCUT2D eigenvalue weighted by Gasteiger charge is -2.26. The molecule has 34 heavy (non-hydrogen) atoms. The Kier molecular flexibility index (Phi) is 6.14. The molecule has 0 saturated carbocycles. The maximum atomic E-state index is 13.4. The Morgan fingerprint density at radius 2 is 1.65 bits per heavy atom. The quantitative estimate of drug-likeness (QED) is 0.199. The number of nitrogens with zero attached hydrogens (tertiary/aromatic N) is 1. The van der Waals surface area contributed by atoms with Crippen LogP contribution in [0.4, 0.5) is 10.1 Å². The Balaban J connectivity index is 1.92. The number of ether oxygens (including phenoxy) is 2. The highest BCUT2D eigenvalue weighted by atomic mass is 19.1. The Morgan fingerprint density at radius 1 is 0.971 bits per heavy atom. The predicted octanol–water partition coefficient (Wildman–Crippen LogP) is 4.39.